The molecule has 2 heterocycles. The molecule has 5 heteroatoms. The zero-order valence-corrected chi connectivity index (χ0v) is 17.2. The summed E-state index contributed by atoms with van der Waals surface area (Å²) in [5, 5.41) is 0. The van der Waals surface area contributed by atoms with Crippen molar-refractivity contribution >= 4 is 28.9 Å². The Bertz CT molecular complexity index is 1560. The number of hydrogen-bond donors (Lipinski definition) is 0. The number of carbonyl (C=O) groups excluding carboxylic acids is 1. The molecule has 6 rings (SSSR count). The fourth-order valence-corrected chi connectivity index (χ4v) is 5.33. The van der Waals surface area contributed by atoms with Crippen molar-refractivity contribution in [2.75, 3.05) is 0 Å². The largest absolute Gasteiger partial charge is 0.289 e. The first-order chi connectivity index (χ1) is 15.2. The van der Waals surface area contributed by atoms with Crippen LogP contribution in [0.2, 0.25) is 0 Å². The Hall–Kier alpha value is -3.83. The van der Waals surface area contributed by atoms with Gasteiger partial charge in [-0.15, -0.1) is 0 Å². The van der Waals surface area contributed by atoms with Gasteiger partial charge in [-0.2, -0.15) is 0 Å². The molecule has 4 nitrogen and oxygen atoms in total. The highest BCUT2D eigenvalue weighted by Crippen LogP contribution is 2.42. The Balaban J connectivity index is 1.66. The lowest BCUT2D eigenvalue weighted by Gasteiger charge is -2.22. The number of rotatable bonds is 2. The molecule has 0 amide bonds. The molecule has 148 valence electrons. The number of carbonyl (C=O) groups is 1. The molecule has 1 aliphatic heterocycles. The standard InChI is InChI=1S/C26H16N2O2S/c29-24-19-14-8-7-13-18(19)22-21(24)23(17-11-5-2-6-12-17)28-25(30)20(31-26(28)27-22)15-16-9-3-1-4-10-16/h1-15,23H/b20-15-. The summed E-state index contributed by atoms with van der Waals surface area (Å²) in [5.74, 6) is -0.0551. The molecule has 0 radical (unpaired) electrons. The van der Waals surface area contributed by atoms with E-state index in [1.807, 2.05) is 91.0 Å². The number of allylic oxidation sites excluding steroid dienone is 1. The van der Waals surface area contributed by atoms with Crippen LogP contribution in [0, 0.1) is 0 Å². The highest BCUT2D eigenvalue weighted by Gasteiger charge is 2.39. The third kappa shape index (κ3) is 2.71. The molecule has 0 bridgehead atoms. The Morgan fingerprint density at radius 3 is 2.19 bits per heavy atom. The molecular weight excluding hydrogens is 404 g/mol. The summed E-state index contributed by atoms with van der Waals surface area (Å²) in [4.78, 5) is 32.3. The summed E-state index contributed by atoms with van der Waals surface area (Å²) < 4.78 is 2.28. The number of thiazole rings is 1. The quantitative estimate of drug-likeness (QED) is 0.498. The first kappa shape index (κ1) is 18.0. The van der Waals surface area contributed by atoms with Crippen molar-refractivity contribution < 1.29 is 4.79 Å². The van der Waals surface area contributed by atoms with Crippen LogP contribution in [0.15, 0.2) is 100 Å². The van der Waals surface area contributed by atoms with Gasteiger partial charge in [0.25, 0.3) is 5.56 Å². The van der Waals surface area contributed by atoms with E-state index in [2.05, 4.69) is 0 Å². The van der Waals surface area contributed by atoms with Crippen molar-refractivity contribution in [1.82, 2.24) is 4.57 Å². The lowest BCUT2D eigenvalue weighted by molar-refractivity contribution is 0.102. The SMILES string of the molecule is O=C1C2=C(N=c3s/c(=C\c4ccccc4)c(=O)n3C2c2ccccc2)c2ccccc21. The van der Waals surface area contributed by atoms with E-state index in [1.165, 1.54) is 11.3 Å². The van der Waals surface area contributed by atoms with E-state index in [-0.39, 0.29) is 11.3 Å². The molecule has 1 atom stereocenters. The molecule has 2 aliphatic rings. The van der Waals surface area contributed by atoms with E-state index in [0.717, 1.165) is 16.7 Å². The molecule has 1 unspecified atom stereocenters. The molecule has 3 aromatic carbocycles. The number of ketones is 1. The number of aromatic nitrogens is 1. The summed E-state index contributed by atoms with van der Waals surface area (Å²) in [6.45, 7) is 0. The molecule has 4 aromatic rings. The molecule has 0 saturated carbocycles. The smallest absolute Gasteiger partial charge is 0.271 e. The van der Waals surface area contributed by atoms with Crippen LogP contribution in [0.5, 0.6) is 0 Å². The fourth-order valence-electron chi connectivity index (χ4n) is 4.33. The zero-order chi connectivity index (χ0) is 20.9. The summed E-state index contributed by atoms with van der Waals surface area (Å²) in [7, 11) is 0. The number of benzene rings is 3. The number of hydrogen-bond acceptors (Lipinski definition) is 4. The van der Waals surface area contributed by atoms with E-state index in [4.69, 9.17) is 4.99 Å². The van der Waals surface area contributed by atoms with Gasteiger partial charge in [-0.05, 0) is 17.2 Å². The number of Topliss-reactive ketones (excluding diaryl/α,β-unsaturated/α-hetero) is 1. The maximum Gasteiger partial charge on any atom is 0.271 e. The highest BCUT2D eigenvalue weighted by atomic mass is 32.1. The monoisotopic (exact) mass is 420 g/mol. The van der Waals surface area contributed by atoms with E-state index >= 15 is 0 Å². The van der Waals surface area contributed by atoms with Crippen molar-refractivity contribution in [1.29, 1.82) is 0 Å². The van der Waals surface area contributed by atoms with Crippen LogP contribution in [0.3, 0.4) is 0 Å². The number of fused-ring (bicyclic) bond motifs is 3. The van der Waals surface area contributed by atoms with Crippen LogP contribution < -0.4 is 14.9 Å². The zero-order valence-electron chi connectivity index (χ0n) is 16.4. The summed E-state index contributed by atoms with van der Waals surface area (Å²) >= 11 is 1.36. The van der Waals surface area contributed by atoms with Crippen LogP contribution in [-0.4, -0.2) is 10.4 Å². The van der Waals surface area contributed by atoms with Gasteiger partial charge >= 0.3 is 0 Å². The van der Waals surface area contributed by atoms with Crippen molar-refractivity contribution in [2.24, 2.45) is 4.99 Å². The average molecular weight is 420 g/mol. The van der Waals surface area contributed by atoms with Gasteiger partial charge in [-0.3, -0.25) is 14.2 Å². The molecule has 31 heavy (non-hydrogen) atoms. The van der Waals surface area contributed by atoms with E-state index < -0.39 is 6.04 Å². The first-order valence-corrected chi connectivity index (χ1v) is 10.8. The Labute approximate surface area is 181 Å². The number of nitrogens with zero attached hydrogens (tertiary/aromatic N) is 2. The maximum absolute atomic E-state index is 13.5. The minimum absolute atomic E-state index is 0.0551. The van der Waals surface area contributed by atoms with Crippen molar-refractivity contribution in [3.05, 3.63) is 132 Å². The second-order valence-corrected chi connectivity index (χ2v) is 8.55. The maximum atomic E-state index is 13.5. The molecule has 0 saturated heterocycles. The topological polar surface area (TPSA) is 51.4 Å². The molecule has 1 aliphatic carbocycles. The van der Waals surface area contributed by atoms with Gasteiger partial charge in [0.1, 0.15) is 0 Å². The van der Waals surface area contributed by atoms with Crippen molar-refractivity contribution in [2.45, 2.75) is 6.04 Å². The normalized spacial score (nSPS) is 17.2. The van der Waals surface area contributed by atoms with Crippen LogP contribution in [-0.2, 0) is 0 Å². The van der Waals surface area contributed by atoms with Gasteiger partial charge in [0.2, 0.25) is 0 Å². The summed E-state index contributed by atoms with van der Waals surface area (Å²) in [5.41, 5.74) is 4.47. The predicted octanol–water partition coefficient (Wildman–Crippen LogP) is 3.57. The van der Waals surface area contributed by atoms with Gasteiger partial charge in [0.15, 0.2) is 10.6 Å². The van der Waals surface area contributed by atoms with Gasteiger partial charge < -0.3 is 0 Å². The van der Waals surface area contributed by atoms with Crippen molar-refractivity contribution in [3.63, 3.8) is 0 Å². The molecule has 0 N–H and O–H groups in total. The van der Waals surface area contributed by atoms with E-state index in [9.17, 15) is 9.59 Å². The van der Waals surface area contributed by atoms with E-state index in [1.54, 1.807) is 4.57 Å². The van der Waals surface area contributed by atoms with Crippen molar-refractivity contribution in [3.8, 4) is 0 Å². The Kier molecular flexibility index (Phi) is 3.98. The summed E-state index contributed by atoms with van der Waals surface area (Å²) in [6, 6.07) is 26.5. The summed E-state index contributed by atoms with van der Waals surface area (Å²) in [6.07, 6.45) is 1.89. The minimum atomic E-state index is -0.495. The molecule has 0 spiro atoms. The van der Waals surface area contributed by atoms with E-state index in [0.29, 0.717) is 26.2 Å². The predicted molar refractivity (Wildman–Crippen MR) is 122 cm³/mol. The van der Waals surface area contributed by atoms with Gasteiger partial charge in [-0.1, -0.05) is 96.3 Å². The first-order valence-electron chi connectivity index (χ1n) is 10.0. The average Bonchev–Trinajstić information content (AvgIpc) is 3.28. The lowest BCUT2D eigenvalue weighted by Crippen LogP contribution is -2.38. The van der Waals surface area contributed by atoms with Gasteiger partial charge in [0, 0.05) is 11.1 Å². The molecule has 0 fully saturated rings. The molecular formula is C26H16N2O2S. The van der Waals surface area contributed by atoms with Crippen LogP contribution in [0.25, 0.3) is 11.8 Å². The van der Waals surface area contributed by atoms with Crippen LogP contribution in [0.1, 0.15) is 33.1 Å². The van der Waals surface area contributed by atoms with Crippen LogP contribution >= 0.6 is 11.3 Å². The second-order valence-electron chi connectivity index (χ2n) is 7.54. The molecule has 1 aromatic heterocycles. The lowest BCUT2D eigenvalue weighted by atomic mass is 9.94. The third-order valence-electron chi connectivity index (χ3n) is 5.72. The van der Waals surface area contributed by atoms with Crippen LogP contribution in [0.4, 0.5) is 0 Å². The second kappa shape index (κ2) is 6.86. The Morgan fingerprint density at radius 1 is 0.806 bits per heavy atom. The fraction of sp³-hybridized carbons (Fsp3) is 0.0385. The highest BCUT2D eigenvalue weighted by molar-refractivity contribution is 7.07. The minimum Gasteiger partial charge on any atom is -0.289 e. The Morgan fingerprint density at radius 2 is 1.45 bits per heavy atom. The third-order valence-corrected chi connectivity index (χ3v) is 6.70. The van der Waals surface area contributed by atoms with Gasteiger partial charge in [-0.25, -0.2) is 4.99 Å². The van der Waals surface area contributed by atoms with Gasteiger partial charge in [0.05, 0.1) is 21.8 Å².